The van der Waals surface area contributed by atoms with Gasteiger partial charge in [0.2, 0.25) is 0 Å². The second kappa shape index (κ2) is 6.75. The van der Waals surface area contributed by atoms with Gasteiger partial charge in [-0.3, -0.25) is 4.79 Å². The van der Waals surface area contributed by atoms with E-state index < -0.39 is 11.9 Å². The molecule has 0 aliphatic rings. The Bertz CT molecular complexity index is 551. The van der Waals surface area contributed by atoms with Crippen molar-refractivity contribution in [1.29, 1.82) is 5.26 Å². The van der Waals surface area contributed by atoms with E-state index in [9.17, 15) is 9.59 Å². The van der Waals surface area contributed by atoms with Crippen LogP contribution in [0.5, 0.6) is 5.75 Å². The Morgan fingerprint density at radius 3 is 2.79 bits per heavy atom. The summed E-state index contributed by atoms with van der Waals surface area (Å²) in [5.41, 5.74) is 0.569. The van der Waals surface area contributed by atoms with Crippen molar-refractivity contribution in [2.24, 2.45) is 0 Å². The van der Waals surface area contributed by atoms with Gasteiger partial charge in [0.1, 0.15) is 17.9 Å². The van der Waals surface area contributed by atoms with Gasteiger partial charge in [0.05, 0.1) is 6.07 Å². The maximum absolute atomic E-state index is 11.3. The van der Waals surface area contributed by atoms with Crippen LogP contribution in [0.1, 0.15) is 15.9 Å². The van der Waals surface area contributed by atoms with E-state index >= 15 is 0 Å². The lowest BCUT2D eigenvalue weighted by Crippen LogP contribution is -2.29. The zero-order chi connectivity index (χ0) is 14.4. The Balaban J connectivity index is 2.86. The van der Waals surface area contributed by atoms with Crippen molar-refractivity contribution < 1.29 is 19.4 Å². The molecule has 1 aromatic rings. The number of nitrogens with one attached hydrogen (secondary N) is 1. The first kappa shape index (κ1) is 15.0. The number of carboxylic acid groups (broad SMARTS) is 1. The van der Waals surface area contributed by atoms with Crippen molar-refractivity contribution in [2.75, 3.05) is 13.2 Å². The Labute approximate surface area is 118 Å². The number of carboxylic acids is 1. The molecular formula is C12H11BrN2O4. The molecular weight excluding hydrogens is 316 g/mol. The summed E-state index contributed by atoms with van der Waals surface area (Å²) in [6, 6.07) is 4.85. The fraction of sp³-hybridized carbons (Fsp3) is 0.250. The van der Waals surface area contributed by atoms with Gasteiger partial charge in [0.15, 0.2) is 6.61 Å². The van der Waals surface area contributed by atoms with Crippen LogP contribution in [0.4, 0.5) is 0 Å². The van der Waals surface area contributed by atoms with E-state index in [0.29, 0.717) is 10.0 Å². The van der Waals surface area contributed by atoms with Crippen molar-refractivity contribution in [3.8, 4) is 11.8 Å². The van der Waals surface area contributed by atoms with Crippen LogP contribution in [-0.2, 0) is 4.79 Å². The van der Waals surface area contributed by atoms with Crippen LogP contribution in [0.25, 0.3) is 0 Å². The molecule has 0 heterocycles. The molecule has 1 rings (SSSR count). The second-order valence-electron chi connectivity index (χ2n) is 3.63. The van der Waals surface area contributed by atoms with Gasteiger partial charge >= 0.3 is 5.97 Å². The average molecular weight is 327 g/mol. The number of amides is 1. The number of hydrogen-bond acceptors (Lipinski definition) is 4. The van der Waals surface area contributed by atoms with Crippen LogP contribution in [0.15, 0.2) is 16.6 Å². The maximum atomic E-state index is 11.3. The van der Waals surface area contributed by atoms with E-state index in [1.807, 2.05) is 0 Å². The number of benzene rings is 1. The molecule has 1 amide bonds. The Morgan fingerprint density at radius 2 is 2.21 bits per heavy atom. The lowest BCUT2D eigenvalue weighted by atomic mass is 10.1. The molecule has 0 bridgehead atoms. The van der Waals surface area contributed by atoms with Crippen molar-refractivity contribution in [3.63, 3.8) is 0 Å². The zero-order valence-electron chi connectivity index (χ0n) is 10.1. The summed E-state index contributed by atoms with van der Waals surface area (Å²) in [7, 11) is 0. The molecule has 100 valence electrons. The number of nitriles is 1. The molecule has 6 nitrogen and oxygen atoms in total. The molecule has 0 spiro atoms. The highest BCUT2D eigenvalue weighted by Gasteiger charge is 2.16. The number of rotatable bonds is 5. The topological polar surface area (TPSA) is 99.4 Å². The lowest BCUT2D eigenvalue weighted by molar-refractivity contribution is -0.122. The fourth-order valence-electron chi connectivity index (χ4n) is 1.41. The highest BCUT2D eigenvalue weighted by atomic mass is 79.9. The van der Waals surface area contributed by atoms with Gasteiger partial charge in [-0.25, -0.2) is 4.79 Å². The third kappa shape index (κ3) is 4.26. The molecule has 0 saturated heterocycles. The SMILES string of the molecule is Cc1cc(Br)cc(C(=O)O)c1OCC(=O)NCC#N. The molecule has 0 aliphatic heterocycles. The van der Waals surface area contributed by atoms with Crippen molar-refractivity contribution in [1.82, 2.24) is 5.32 Å². The molecule has 7 heteroatoms. The second-order valence-corrected chi connectivity index (χ2v) is 4.54. The quantitative estimate of drug-likeness (QED) is 0.798. The average Bonchev–Trinajstić information content (AvgIpc) is 2.34. The summed E-state index contributed by atoms with van der Waals surface area (Å²) in [5.74, 6) is -1.49. The number of aromatic carboxylic acids is 1. The van der Waals surface area contributed by atoms with Gasteiger partial charge in [0.25, 0.3) is 5.91 Å². The number of ether oxygens (including phenoxy) is 1. The summed E-state index contributed by atoms with van der Waals surface area (Å²) < 4.78 is 5.83. The van der Waals surface area contributed by atoms with E-state index in [0.717, 1.165) is 0 Å². The third-order valence-corrected chi connectivity index (χ3v) is 2.64. The smallest absolute Gasteiger partial charge is 0.339 e. The van der Waals surface area contributed by atoms with Gasteiger partial charge in [-0.1, -0.05) is 15.9 Å². The molecule has 0 unspecified atom stereocenters. The van der Waals surface area contributed by atoms with E-state index in [4.69, 9.17) is 15.1 Å². The molecule has 0 fully saturated rings. The Morgan fingerprint density at radius 1 is 1.53 bits per heavy atom. The minimum atomic E-state index is -1.14. The molecule has 0 aromatic heterocycles. The molecule has 0 atom stereocenters. The van der Waals surface area contributed by atoms with Gasteiger partial charge in [0, 0.05) is 4.47 Å². The van der Waals surface area contributed by atoms with Crippen molar-refractivity contribution >= 4 is 27.8 Å². The van der Waals surface area contributed by atoms with Crippen molar-refractivity contribution in [3.05, 3.63) is 27.7 Å². The zero-order valence-corrected chi connectivity index (χ0v) is 11.7. The van der Waals surface area contributed by atoms with Crippen LogP contribution in [-0.4, -0.2) is 30.1 Å². The number of aryl methyl sites for hydroxylation is 1. The number of halogens is 1. The molecule has 0 aliphatic carbocycles. The first-order chi connectivity index (χ1) is 8.95. The van der Waals surface area contributed by atoms with Crippen LogP contribution in [0, 0.1) is 18.3 Å². The highest BCUT2D eigenvalue weighted by molar-refractivity contribution is 9.10. The van der Waals surface area contributed by atoms with Crippen LogP contribution >= 0.6 is 15.9 Å². The monoisotopic (exact) mass is 326 g/mol. The highest BCUT2D eigenvalue weighted by Crippen LogP contribution is 2.28. The number of carbonyl (C=O) groups excluding carboxylic acids is 1. The summed E-state index contributed by atoms with van der Waals surface area (Å²) in [4.78, 5) is 22.4. The number of nitrogens with zero attached hydrogens (tertiary/aromatic N) is 1. The first-order valence-corrected chi connectivity index (χ1v) is 6.05. The van der Waals surface area contributed by atoms with Crippen LogP contribution in [0.3, 0.4) is 0 Å². The van der Waals surface area contributed by atoms with E-state index in [2.05, 4.69) is 21.2 Å². The van der Waals surface area contributed by atoms with Crippen molar-refractivity contribution in [2.45, 2.75) is 6.92 Å². The van der Waals surface area contributed by atoms with E-state index in [1.165, 1.54) is 6.07 Å². The normalized spacial score (nSPS) is 9.53. The largest absolute Gasteiger partial charge is 0.483 e. The van der Waals surface area contributed by atoms with Gasteiger partial charge < -0.3 is 15.2 Å². The summed E-state index contributed by atoms with van der Waals surface area (Å²) in [6.45, 7) is 1.22. The Hall–Kier alpha value is -2.07. The molecule has 1 aromatic carbocycles. The third-order valence-electron chi connectivity index (χ3n) is 2.18. The standard InChI is InChI=1S/C12H11BrN2O4/c1-7-4-8(13)5-9(12(17)18)11(7)19-6-10(16)15-3-2-14/h4-5H,3,6H2,1H3,(H,15,16)(H,17,18). The fourth-order valence-corrected chi connectivity index (χ4v) is 1.98. The maximum Gasteiger partial charge on any atom is 0.339 e. The van der Waals surface area contributed by atoms with E-state index in [1.54, 1.807) is 19.1 Å². The van der Waals surface area contributed by atoms with Crippen LogP contribution < -0.4 is 10.1 Å². The summed E-state index contributed by atoms with van der Waals surface area (Å²) in [5, 5.41) is 19.7. The molecule has 2 N–H and O–H groups in total. The van der Waals surface area contributed by atoms with Crippen LogP contribution in [0.2, 0.25) is 0 Å². The van der Waals surface area contributed by atoms with Gasteiger partial charge in [-0.2, -0.15) is 5.26 Å². The summed E-state index contributed by atoms with van der Waals surface area (Å²) >= 11 is 3.20. The van der Waals surface area contributed by atoms with E-state index in [-0.39, 0.29) is 24.5 Å². The minimum Gasteiger partial charge on any atom is -0.483 e. The lowest BCUT2D eigenvalue weighted by Gasteiger charge is -2.12. The predicted octanol–water partition coefficient (Wildman–Crippen LogP) is 1.47. The minimum absolute atomic E-state index is 0.0278. The predicted molar refractivity (Wildman–Crippen MR) is 70.0 cm³/mol. The summed E-state index contributed by atoms with van der Waals surface area (Å²) in [6.07, 6.45) is 0. The Kier molecular flexibility index (Phi) is 5.33. The molecule has 0 saturated carbocycles. The van der Waals surface area contributed by atoms with Gasteiger partial charge in [-0.05, 0) is 24.6 Å². The van der Waals surface area contributed by atoms with Gasteiger partial charge in [-0.15, -0.1) is 0 Å². The molecule has 19 heavy (non-hydrogen) atoms. The first-order valence-electron chi connectivity index (χ1n) is 5.25. The number of hydrogen-bond donors (Lipinski definition) is 2. The molecule has 0 radical (unpaired) electrons. The number of carbonyl (C=O) groups is 2.